The van der Waals surface area contributed by atoms with Crippen LogP contribution in [0, 0.1) is 11.6 Å². The minimum atomic E-state index is -0.888. The van der Waals surface area contributed by atoms with E-state index in [1.54, 1.807) is 25.6 Å². The summed E-state index contributed by atoms with van der Waals surface area (Å²) in [5.41, 5.74) is 6.39. The summed E-state index contributed by atoms with van der Waals surface area (Å²) in [5.74, 6) is -0.421. The van der Waals surface area contributed by atoms with Gasteiger partial charge in [-0.1, -0.05) is 18.2 Å². The lowest BCUT2D eigenvalue weighted by molar-refractivity contribution is 0.285. The molecule has 2 aliphatic rings. The Bertz CT molecular complexity index is 1420. The molecule has 0 saturated carbocycles. The molecule has 2 aromatic carbocycles. The average molecular weight is 485 g/mol. The van der Waals surface area contributed by atoms with Gasteiger partial charge in [0.25, 0.3) is 0 Å². The fourth-order valence-electron chi connectivity index (χ4n) is 5.50. The van der Waals surface area contributed by atoms with E-state index < -0.39 is 11.6 Å². The third kappa shape index (κ3) is 4.09. The summed E-state index contributed by atoms with van der Waals surface area (Å²) in [6.07, 6.45) is 7.73. The first kappa shape index (κ1) is 22.6. The number of H-pyrrole nitrogens is 1. The van der Waals surface area contributed by atoms with Crippen molar-refractivity contribution in [3.05, 3.63) is 96.0 Å². The summed E-state index contributed by atoms with van der Waals surface area (Å²) in [4.78, 5) is 6.69. The van der Waals surface area contributed by atoms with Crippen molar-refractivity contribution in [1.29, 1.82) is 0 Å². The van der Waals surface area contributed by atoms with Gasteiger partial charge in [-0.15, -0.1) is 0 Å². The molecule has 5 nitrogen and oxygen atoms in total. The molecule has 0 bridgehead atoms. The minimum absolute atomic E-state index is 0.334. The van der Waals surface area contributed by atoms with Crippen LogP contribution in [0.15, 0.2) is 73.1 Å². The second-order valence-electron chi connectivity index (χ2n) is 9.40. The SMILES string of the molecule is COc1ccc([C@@H]2C[C@H]3C=C(c4[nH]nc(-c5ccc(F)c(F)c5)c4-c4ccncc4)CCN3C2)cc1. The number of pyridine rings is 1. The zero-order valence-electron chi connectivity index (χ0n) is 19.9. The second kappa shape index (κ2) is 9.32. The van der Waals surface area contributed by atoms with Gasteiger partial charge in [0.05, 0.1) is 12.8 Å². The number of nitrogens with zero attached hydrogens (tertiary/aromatic N) is 3. The number of ether oxygens (including phenoxy) is 1. The van der Waals surface area contributed by atoms with E-state index in [0.29, 0.717) is 23.2 Å². The van der Waals surface area contributed by atoms with Crippen molar-refractivity contribution in [1.82, 2.24) is 20.1 Å². The number of methoxy groups -OCH3 is 1. The fourth-order valence-corrected chi connectivity index (χ4v) is 5.50. The number of aromatic nitrogens is 3. The zero-order valence-corrected chi connectivity index (χ0v) is 19.9. The van der Waals surface area contributed by atoms with Crippen molar-refractivity contribution < 1.29 is 13.5 Å². The number of rotatable bonds is 5. The maximum absolute atomic E-state index is 14.1. The van der Waals surface area contributed by atoms with Crippen molar-refractivity contribution in [2.24, 2.45) is 0 Å². The van der Waals surface area contributed by atoms with Gasteiger partial charge >= 0.3 is 0 Å². The molecule has 1 fully saturated rings. The molecule has 0 aliphatic carbocycles. The number of hydrogen-bond acceptors (Lipinski definition) is 4. The van der Waals surface area contributed by atoms with Gasteiger partial charge in [-0.2, -0.15) is 5.10 Å². The first-order chi connectivity index (χ1) is 17.6. The lowest BCUT2D eigenvalue weighted by atomic mass is 9.91. The number of nitrogens with one attached hydrogen (secondary N) is 1. The summed E-state index contributed by atoms with van der Waals surface area (Å²) in [7, 11) is 1.69. The number of halogens is 2. The largest absolute Gasteiger partial charge is 0.497 e. The highest BCUT2D eigenvalue weighted by atomic mass is 19.2. The molecule has 2 atom stereocenters. The lowest BCUT2D eigenvalue weighted by Gasteiger charge is -2.28. The molecule has 0 radical (unpaired) electrons. The van der Waals surface area contributed by atoms with Crippen LogP contribution in [0.1, 0.15) is 30.0 Å². The number of aromatic amines is 1. The Morgan fingerprint density at radius 2 is 1.78 bits per heavy atom. The van der Waals surface area contributed by atoms with Gasteiger partial charge in [0.1, 0.15) is 11.4 Å². The molecule has 182 valence electrons. The van der Waals surface area contributed by atoms with E-state index in [0.717, 1.165) is 54.6 Å². The molecule has 4 heterocycles. The second-order valence-corrected chi connectivity index (χ2v) is 9.40. The van der Waals surface area contributed by atoms with Gasteiger partial charge in [0.15, 0.2) is 11.6 Å². The van der Waals surface area contributed by atoms with E-state index in [-0.39, 0.29) is 0 Å². The number of benzene rings is 2. The molecule has 36 heavy (non-hydrogen) atoms. The molecular weight excluding hydrogens is 458 g/mol. The van der Waals surface area contributed by atoms with Crippen LogP contribution in [0.4, 0.5) is 8.78 Å². The summed E-state index contributed by atoms with van der Waals surface area (Å²) in [6, 6.07) is 16.5. The van der Waals surface area contributed by atoms with E-state index >= 15 is 0 Å². The maximum atomic E-state index is 14.1. The standard InChI is InChI=1S/C29H26F2N4O/c1-36-24-5-2-18(3-6-24)22-15-23-14-21(10-13-35(23)17-22)29-27(19-8-11-32-12-9-19)28(33-34-29)20-4-7-25(30)26(31)16-20/h2-9,11-12,14,16,22-23H,10,13,15,17H2,1H3,(H,33,34)/t22-,23-/m1/s1. The highest BCUT2D eigenvalue weighted by Crippen LogP contribution is 2.42. The topological polar surface area (TPSA) is 54.0 Å². The van der Waals surface area contributed by atoms with Gasteiger partial charge in [-0.25, -0.2) is 8.78 Å². The van der Waals surface area contributed by atoms with Crippen LogP contribution in [-0.2, 0) is 0 Å². The van der Waals surface area contributed by atoms with Crippen LogP contribution >= 0.6 is 0 Å². The van der Waals surface area contributed by atoms with Crippen molar-refractivity contribution in [3.8, 4) is 28.1 Å². The van der Waals surface area contributed by atoms with Crippen molar-refractivity contribution in [3.63, 3.8) is 0 Å². The molecule has 6 rings (SSSR count). The van der Waals surface area contributed by atoms with E-state index in [4.69, 9.17) is 4.74 Å². The summed E-state index contributed by atoms with van der Waals surface area (Å²) < 4.78 is 33.0. The average Bonchev–Trinajstić information content (AvgIpc) is 3.55. The van der Waals surface area contributed by atoms with Crippen LogP contribution < -0.4 is 4.74 Å². The van der Waals surface area contributed by atoms with Gasteiger partial charge in [0, 0.05) is 42.7 Å². The van der Waals surface area contributed by atoms with Crippen molar-refractivity contribution in [2.75, 3.05) is 20.2 Å². The molecule has 0 unspecified atom stereocenters. The molecule has 1 N–H and O–H groups in total. The zero-order chi connectivity index (χ0) is 24.6. The third-order valence-electron chi connectivity index (χ3n) is 7.35. The van der Waals surface area contributed by atoms with E-state index in [1.165, 1.54) is 17.2 Å². The Morgan fingerprint density at radius 1 is 0.972 bits per heavy atom. The number of fused-ring (bicyclic) bond motifs is 1. The van der Waals surface area contributed by atoms with Gasteiger partial charge in [0.2, 0.25) is 0 Å². The van der Waals surface area contributed by atoms with E-state index in [2.05, 4.69) is 38.3 Å². The Morgan fingerprint density at radius 3 is 2.53 bits per heavy atom. The van der Waals surface area contributed by atoms with Crippen LogP contribution in [0.5, 0.6) is 5.75 Å². The molecule has 0 amide bonds. The van der Waals surface area contributed by atoms with E-state index in [9.17, 15) is 8.78 Å². The first-order valence-electron chi connectivity index (χ1n) is 12.1. The summed E-state index contributed by atoms with van der Waals surface area (Å²) in [6.45, 7) is 1.99. The monoisotopic (exact) mass is 484 g/mol. The first-order valence-corrected chi connectivity index (χ1v) is 12.1. The Labute approximate surface area is 208 Å². The normalized spacial score (nSPS) is 19.7. The van der Waals surface area contributed by atoms with Crippen LogP contribution in [0.2, 0.25) is 0 Å². The molecule has 0 spiro atoms. The highest BCUT2D eigenvalue weighted by molar-refractivity contribution is 5.89. The maximum Gasteiger partial charge on any atom is 0.159 e. The predicted octanol–water partition coefficient (Wildman–Crippen LogP) is 6.07. The molecular formula is C29H26F2N4O. The summed E-state index contributed by atoms with van der Waals surface area (Å²) in [5, 5.41) is 7.80. The smallest absolute Gasteiger partial charge is 0.159 e. The van der Waals surface area contributed by atoms with Gasteiger partial charge in [-0.3, -0.25) is 15.0 Å². The molecule has 4 aromatic rings. The van der Waals surface area contributed by atoms with E-state index in [1.807, 2.05) is 24.3 Å². The number of hydrogen-bond donors (Lipinski definition) is 1. The quantitative estimate of drug-likeness (QED) is 0.374. The van der Waals surface area contributed by atoms with Gasteiger partial charge < -0.3 is 4.74 Å². The van der Waals surface area contributed by atoms with Crippen LogP contribution in [0.3, 0.4) is 0 Å². The van der Waals surface area contributed by atoms with Crippen molar-refractivity contribution in [2.45, 2.75) is 24.8 Å². The predicted molar refractivity (Wildman–Crippen MR) is 135 cm³/mol. The molecule has 2 aromatic heterocycles. The minimum Gasteiger partial charge on any atom is -0.497 e. The van der Waals surface area contributed by atoms with Crippen LogP contribution in [0.25, 0.3) is 28.0 Å². The Hall–Kier alpha value is -3.84. The van der Waals surface area contributed by atoms with Crippen molar-refractivity contribution >= 4 is 5.57 Å². The molecule has 2 aliphatic heterocycles. The van der Waals surface area contributed by atoms with Crippen LogP contribution in [-0.4, -0.2) is 46.3 Å². The highest BCUT2D eigenvalue weighted by Gasteiger charge is 2.35. The fraction of sp³-hybridized carbons (Fsp3) is 0.241. The summed E-state index contributed by atoms with van der Waals surface area (Å²) >= 11 is 0. The van der Waals surface area contributed by atoms with Gasteiger partial charge in [-0.05, 0) is 77.9 Å². The lowest BCUT2D eigenvalue weighted by Crippen LogP contribution is -2.32. The Kier molecular flexibility index (Phi) is 5.85. The molecule has 7 heteroatoms. The molecule has 1 saturated heterocycles. The Balaban J connectivity index is 1.35. The third-order valence-corrected chi connectivity index (χ3v) is 7.35.